The van der Waals surface area contributed by atoms with E-state index in [4.69, 9.17) is 0 Å². The molecule has 0 fully saturated rings. The standard InChI is InChI=1S/C17H12N4O4S/c22-16(23)13-8-15(12-4-2-1-3-5-12)21(10-13)26(24,25)14-9-19-17-18-6-7-20(17)11-14/h1-11H,(H,22,23). The molecule has 0 aliphatic rings. The summed E-state index contributed by atoms with van der Waals surface area (Å²) < 4.78 is 28.7. The first-order chi connectivity index (χ1) is 12.5. The average molecular weight is 368 g/mol. The van der Waals surface area contributed by atoms with Gasteiger partial charge in [0.05, 0.1) is 17.5 Å². The van der Waals surface area contributed by atoms with Crippen LogP contribution in [0.3, 0.4) is 0 Å². The van der Waals surface area contributed by atoms with E-state index in [1.54, 1.807) is 36.5 Å². The predicted octanol–water partition coefficient (Wildman–Crippen LogP) is 2.13. The normalized spacial score (nSPS) is 11.7. The smallest absolute Gasteiger partial charge is 0.337 e. The Morgan fingerprint density at radius 3 is 2.58 bits per heavy atom. The highest BCUT2D eigenvalue weighted by atomic mass is 32.2. The Morgan fingerprint density at radius 2 is 1.85 bits per heavy atom. The van der Waals surface area contributed by atoms with E-state index in [1.165, 1.54) is 29.1 Å². The van der Waals surface area contributed by atoms with E-state index in [9.17, 15) is 18.3 Å². The number of benzene rings is 1. The topological polar surface area (TPSA) is 107 Å². The van der Waals surface area contributed by atoms with Gasteiger partial charge in [0.2, 0.25) is 5.78 Å². The first-order valence-corrected chi connectivity index (χ1v) is 8.96. The van der Waals surface area contributed by atoms with Crippen LogP contribution in [0.2, 0.25) is 0 Å². The van der Waals surface area contributed by atoms with Gasteiger partial charge < -0.3 is 5.11 Å². The van der Waals surface area contributed by atoms with Gasteiger partial charge in [0.15, 0.2) is 0 Å². The van der Waals surface area contributed by atoms with Crippen molar-refractivity contribution in [3.8, 4) is 11.3 Å². The Labute approximate surface area is 148 Å². The molecule has 4 aromatic rings. The number of carbonyl (C=O) groups is 1. The fraction of sp³-hybridized carbons (Fsp3) is 0. The van der Waals surface area contributed by atoms with Crippen LogP contribution in [0.4, 0.5) is 0 Å². The molecular formula is C17H12N4O4S. The van der Waals surface area contributed by atoms with Gasteiger partial charge in [-0.15, -0.1) is 0 Å². The van der Waals surface area contributed by atoms with E-state index in [2.05, 4.69) is 9.97 Å². The third-order valence-electron chi connectivity index (χ3n) is 3.88. The van der Waals surface area contributed by atoms with Crippen molar-refractivity contribution in [2.45, 2.75) is 4.90 Å². The molecule has 8 nitrogen and oxygen atoms in total. The molecule has 0 unspecified atom stereocenters. The lowest BCUT2D eigenvalue weighted by Gasteiger charge is -2.10. The van der Waals surface area contributed by atoms with E-state index in [1.807, 2.05) is 0 Å². The quantitative estimate of drug-likeness (QED) is 0.591. The molecule has 0 atom stereocenters. The predicted molar refractivity (Wildman–Crippen MR) is 92.4 cm³/mol. The maximum Gasteiger partial charge on any atom is 0.337 e. The van der Waals surface area contributed by atoms with Crippen LogP contribution in [0.25, 0.3) is 17.0 Å². The molecule has 0 spiro atoms. The van der Waals surface area contributed by atoms with E-state index in [0.717, 1.165) is 10.2 Å². The summed E-state index contributed by atoms with van der Waals surface area (Å²) in [5.74, 6) is -0.842. The summed E-state index contributed by atoms with van der Waals surface area (Å²) in [4.78, 5) is 19.3. The van der Waals surface area contributed by atoms with Gasteiger partial charge in [0.1, 0.15) is 4.90 Å². The minimum atomic E-state index is -4.06. The highest BCUT2D eigenvalue weighted by Crippen LogP contribution is 2.27. The third-order valence-corrected chi connectivity index (χ3v) is 5.51. The minimum Gasteiger partial charge on any atom is -0.478 e. The van der Waals surface area contributed by atoms with Crippen molar-refractivity contribution in [3.63, 3.8) is 0 Å². The molecule has 0 bridgehead atoms. The third kappa shape index (κ3) is 2.54. The molecule has 0 radical (unpaired) electrons. The number of hydrogen-bond donors (Lipinski definition) is 1. The van der Waals surface area contributed by atoms with Crippen molar-refractivity contribution in [3.05, 3.63) is 72.9 Å². The van der Waals surface area contributed by atoms with E-state index in [-0.39, 0.29) is 16.2 Å². The fourth-order valence-corrected chi connectivity index (χ4v) is 3.95. The number of rotatable bonds is 4. The van der Waals surface area contributed by atoms with Crippen LogP contribution in [0.5, 0.6) is 0 Å². The lowest BCUT2D eigenvalue weighted by molar-refractivity contribution is 0.0697. The SMILES string of the molecule is O=C(O)c1cc(-c2ccccc2)n(S(=O)(=O)c2cnc3nccn3c2)c1. The number of aromatic nitrogens is 4. The number of carboxylic acids is 1. The minimum absolute atomic E-state index is 0.0762. The second kappa shape index (κ2) is 5.81. The van der Waals surface area contributed by atoms with Gasteiger partial charge in [-0.05, 0) is 11.6 Å². The maximum atomic E-state index is 13.1. The largest absolute Gasteiger partial charge is 0.478 e. The van der Waals surface area contributed by atoms with E-state index >= 15 is 0 Å². The van der Waals surface area contributed by atoms with Crippen molar-refractivity contribution in [2.75, 3.05) is 0 Å². The second-order valence-corrected chi connectivity index (χ2v) is 7.33. The van der Waals surface area contributed by atoms with Crippen LogP contribution in [-0.4, -0.2) is 37.8 Å². The van der Waals surface area contributed by atoms with Crippen molar-refractivity contribution in [2.24, 2.45) is 0 Å². The first-order valence-electron chi connectivity index (χ1n) is 7.52. The molecule has 4 rings (SSSR count). The fourth-order valence-electron chi connectivity index (χ4n) is 2.62. The molecule has 1 aromatic carbocycles. The van der Waals surface area contributed by atoms with Crippen LogP contribution in [0.15, 0.2) is 72.3 Å². The van der Waals surface area contributed by atoms with Gasteiger partial charge in [0.25, 0.3) is 10.0 Å². The lowest BCUT2D eigenvalue weighted by Crippen LogP contribution is -2.14. The molecule has 0 amide bonds. The zero-order valence-corrected chi connectivity index (χ0v) is 14.0. The molecule has 1 N–H and O–H groups in total. The Balaban J connectivity index is 1.94. The molecule has 0 aliphatic carbocycles. The number of nitrogens with zero attached hydrogens (tertiary/aromatic N) is 4. The molecule has 0 saturated carbocycles. The molecule has 130 valence electrons. The van der Waals surface area contributed by atoms with Gasteiger partial charge in [-0.1, -0.05) is 30.3 Å². The van der Waals surface area contributed by atoms with Gasteiger partial charge in [-0.2, -0.15) is 0 Å². The summed E-state index contributed by atoms with van der Waals surface area (Å²) in [6.07, 6.45) is 6.77. The van der Waals surface area contributed by atoms with Gasteiger partial charge in [0, 0.05) is 24.8 Å². The number of fused-ring (bicyclic) bond motifs is 1. The van der Waals surface area contributed by atoms with Crippen LogP contribution >= 0.6 is 0 Å². The van der Waals surface area contributed by atoms with Crippen LogP contribution < -0.4 is 0 Å². The zero-order valence-electron chi connectivity index (χ0n) is 13.2. The Hall–Kier alpha value is -3.46. The van der Waals surface area contributed by atoms with Crippen molar-refractivity contribution in [1.82, 2.24) is 18.3 Å². The number of hydrogen-bond acceptors (Lipinski definition) is 5. The first kappa shape index (κ1) is 16.0. The second-order valence-electron chi connectivity index (χ2n) is 5.51. The lowest BCUT2D eigenvalue weighted by atomic mass is 10.1. The van der Waals surface area contributed by atoms with E-state index < -0.39 is 16.0 Å². The molecule has 26 heavy (non-hydrogen) atoms. The summed E-state index contributed by atoms with van der Waals surface area (Å²) in [6, 6.07) is 10.0. The summed E-state index contributed by atoms with van der Waals surface area (Å²) in [6.45, 7) is 0. The van der Waals surface area contributed by atoms with Crippen molar-refractivity contribution < 1.29 is 18.3 Å². The van der Waals surface area contributed by atoms with Crippen LogP contribution in [-0.2, 0) is 10.0 Å². The Bertz CT molecular complexity index is 1230. The van der Waals surface area contributed by atoms with E-state index in [0.29, 0.717) is 11.3 Å². The molecule has 0 aliphatic heterocycles. The number of aromatic carboxylic acids is 1. The molecule has 3 heterocycles. The Kier molecular flexibility index (Phi) is 3.58. The molecule has 0 saturated heterocycles. The van der Waals surface area contributed by atoms with Gasteiger partial charge >= 0.3 is 5.97 Å². The number of imidazole rings is 1. The van der Waals surface area contributed by atoms with Gasteiger partial charge in [-0.25, -0.2) is 27.2 Å². The Morgan fingerprint density at radius 1 is 1.08 bits per heavy atom. The van der Waals surface area contributed by atoms with Crippen LogP contribution in [0, 0.1) is 0 Å². The summed E-state index contributed by atoms with van der Waals surface area (Å²) in [5, 5.41) is 9.29. The monoisotopic (exact) mass is 368 g/mol. The van der Waals surface area contributed by atoms with Gasteiger partial charge in [-0.3, -0.25) is 4.40 Å². The number of carboxylic acid groups (broad SMARTS) is 1. The molecule has 9 heteroatoms. The highest BCUT2D eigenvalue weighted by Gasteiger charge is 2.24. The van der Waals surface area contributed by atoms with Crippen LogP contribution in [0.1, 0.15) is 10.4 Å². The summed E-state index contributed by atoms with van der Waals surface area (Å²) in [5.41, 5.74) is 0.720. The highest BCUT2D eigenvalue weighted by molar-refractivity contribution is 7.90. The maximum absolute atomic E-state index is 13.1. The average Bonchev–Trinajstić information content (AvgIpc) is 3.29. The summed E-state index contributed by atoms with van der Waals surface area (Å²) in [7, 11) is -4.06. The molecular weight excluding hydrogens is 356 g/mol. The zero-order chi connectivity index (χ0) is 18.3. The van der Waals surface area contributed by atoms with Crippen molar-refractivity contribution in [1.29, 1.82) is 0 Å². The molecule has 3 aromatic heterocycles. The summed E-state index contributed by atoms with van der Waals surface area (Å²) >= 11 is 0. The van der Waals surface area contributed by atoms with Crippen molar-refractivity contribution >= 4 is 21.8 Å².